The SMILES string of the molecule is Cc1cc2c(c(C(C)(C)C)c1)OP(=S)(N(C)C)Oc1c(cc(C)cc1C(C)(C)C)C2. The van der Waals surface area contributed by atoms with Gasteiger partial charge in [0.1, 0.15) is 11.5 Å². The number of rotatable bonds is 1. The highest BCUT2D eigenvalue weighted by Gasteiger charge is 2.36. The zero-order valence-corrected chi connectivity index (χ0v) is 21.8. The number of nitrogens with zero attached hydrogens (tertiary/aromatic N) is 1. The molecule has 1 heterocycles. The van der Waals surface area contributed by atoms with E-state index in [2.05, 4.69) is 79.7 Å². The molecule has 2 aromatic rings. The van der Waals surface area contributed by atoms with Crippen molar-refractivity contribution in [3.8, 4) is 11.5 Å². The summed E-state index contributed by atoms with van der Waals surface area (Å²) in [5.41, 5.74) is 7.10. The number of hydrogen-bond donors (Lipinski definition) is 0. The van der Waals surface area contributed by atoms with Gasteiger partial charge in [0.25, 0.3) is 0 Å². The lowest BCUT2D eigenvalue weighted by Gasteiger charge is -2.37. The summed E-state index contributed by atoms with van der Waals surface area (Å²) in [4.78, 5) is 0. The normalized spacial score (nSPS) is 16.1. The molecule has 0 bridgehead atoms. The molecule has 0 aliphatic carbocycles. The van der Waals surface area contributed by atoms with Crippen molar-refractivity contribution in [1.82, 2.24) is 4.67 Å². The monoisotopic (exact) mass is 445 g/mol. The molecule has 3 nitrogen and oxygen atoms in total. The molecule has 0 spiro atoms. The van der Waals surface area contributed by atoms with Crippen LogP contribution in [0.1, 0.15) is 74.9 Å². The summed E-state index contributed by atoms with van der Waals surface area (Å²) in [5, 5.41) is 0. The molecule has 0 radical (unpaired) electrons. The van der Waals surface area contributed by atoms with Crippen LogP contribution in [0.15, 0.2) is 24.3 Å². The van der Waals surface area contributed by atoms with Crippen LogP contribution < -0.4 is 9.05 Å². The first-order valence-electron chi connectivity index (χ1n) is 10.6. The summed E-state index contributed by atoms with van der Waals surface area (Å²) in [6.45, 7) is 14.9. The number of hydrogen-bond acceptors (Lipinski definition) is 3. The molecule has 1 aliphatic rings. The van der Waals surface area contributed by atoms with Crippen LogP contribution in [0.2, 0.25) is 0 Å². The standard InChI is InChI=1S/C25H36NO2PS/c1-16-11-18-15-19-12-17(2)14-21(25(6,7)8)23(19)28-29(30,26(9)10)27-22(18)20(13-16)24(3,4)5/h11-14H,15H2,1-10H3. The van der Waals surface area contributed by atoms with Gasteiger partial charge in [0.15, 0.2) is 0 Å². The second-order valence-corrected chi connectivity index (χ2v) is 14.3. The average molecular weight is 446 g/mol. The van der Waals surface area contributed by atoms with E-state index in [0.717, 1.165) is 17.9 Å². The fourth-order valence-electron chi connectivity index (χ4n) is 3.91. The predicted octanol–water partition coefficient (Wildman–Crippen LogP) is 7.05. The van der Waals surface area contributed by atoms with Crippen LogP contribution in [0.3, 0.4) is 0 Å². The average Bonchev–Trinajstić information content (AvgIpc) is 2.55. The van der Waals surface area contributed by atoms with Gasteiger partial charge in [-0.3, -0.25) is 0 Å². The lowest BCUT2D eigenvalue weighted by atomic mass is 9.81. The van der Waals surface area contributed by atoms with E-state index in [9.17, 15) is 0 Å². The van der Waals surface area contributed by atoms with Gasteiger partial charge in [-0.25, -0.2) is 4.67 Å². The van der Waals surface area contributed by atoms with Crippen LogP contribution in [0.25, 0.3) is 0 Å². The van der Waals surface area contributed by atoms with Gasteiger partial charge in [0.05, 0.1) is 0 Å². The van der Waals surface area contributed by atoms with Gasteiger partial charge < -0.3 is 9.05 Å². The second kappa shape index (κ2) is 7.65. The summed E-state index contributed by atoms with van der Waals surface area (Å²) in [7, 11) is 3.91. The topological polar surface area (TPSA) is 21.7 Å². The van der Waals surface area contributed by atoms with E-state index in [4.69, 9.17) is 20.9 Å². The first-order chi connectivity index (χ1) is 13.6. The Labute approximate surface area is 188 Å². The molecule has 0 amide bonds. The van der Waals surface area contributed by atoms with Crippen LogP contribution in [-0.4, -0.2) is 18.8 Å². The molecule has 0 aromatic heterocycles. The summed E-state index contributed by atoms with van der Waals surface area (Å²) >= 11 is 6.10. The molecule has 0 N–H and O–H groups in total. The molecule has 5 heteroatoms. The molecule has 0 fully saturated rings. The lowest BCUT2D eigenvalue weighted by Crippen LogP contribution is -2.24. The molecule has 0 saturated carbocycles. The minimum Gasteiger partial charge on any atom is -0.424 e. The quantitative estimate of drug-likeness (QED) is 0.439. The largest absolute Gasteiger partial charge is 0.424 e. The lowest BCUT2D eigenvalue weighted by molar-refractivity contribution is 0.393. The number of fused-ring (bicyclic) bond motifs is 2. The summed E-state index contributed by atoms with van der Waals surface area (Å²) in [6, 6.07) is 8.95. The van der Waals surface area contributed by atoms with E-state index in [1.807, 2.05) is 18.8 Å². The molecule has 0 atom stereocenters. The first kappa shape index (κ1) is 23.3. The second-order valence-electron chi connectivity index (χ2n) is 10.8. The highest BCUT2D eigenvalue weighted by Crippen LogP contribution is 2.57. The minimum absolute atomic E-state index is 0.0617. The maximum atomic E-state index is 6.68. The molecular weight excluding hydrogens is 409 g/mol. The van der Waals surface area contributed by atoms with Gasteiger partial charge in [-0.05, 0) is 49.9 Å². The van der Waals surface area contributed by atoms with Crippen molar-refractivity contribution in [2.45, 2.75) is 72.6 Å². The Balaban J connectivity index is 2.39. The number of aryl methyl sites for hydroxylation is 2. The van der Waals surface area contributed by atoms with Crippen molar-refractivity contribution in [3.05, 3.63) is 57.6 Å². The van der Waals surface area contributed by atoms with Gasteiger partial charge in [-0.15, -0.1) is 0 Å². The molecular formula is C25H36NO2PS. The molecule has 1 aliphatic heterocycles. The van der Waals surface area contributed by atoms with Crippen molar-refractivity contribution in [3.63, 3.8) is 0 Å². The Morgan fingerprint density at radius 2 is 1.13 bits per heavy atom. The molecule has 0 unspecified atom stereocenters. The van der Waals surface area contributed by atoms with Crippen molar-refractivity contribution in [2.75, 3.05) is 14.1 Å². The summed E-state index contributed by atoms with van der Waals surface area (Å²) in [6.07, 6.45) is 0.767. The van der Waals surface area contributed by atoms with Crippen LogP contribution in [0.4, 0.5) is 0 Å². The van der Waals surface area contributed by atoms with Gasteiger partial charge in [-0.1, -0.05) is 76.9 Å². The Morgan fingerprint density at radius 3 is 1.43 bits per heavy atom. The third kappa shape index (κ3) is 4.47. The fourth-order valence-corrected chi connectivity index (χ4v) is 5.61. The van der Waals surface area contributed by atoms with Crippen LogP contribution in [0.5, 0.6) is 11.5 Å². The Bertz CT molecular complexity index is 953. The van der Waals surface area contributed by atoms with E-state index in [-0.39, 0.29) is 10.8 Å². The minimum atomic E-state index is -2.78. The third-order valence-corrected chi connectivity index (χ3v) is 8.75. The van der Waals surface area contributed by atoms with Gasteiger partial charge in [0.2, 0.25) is 0 Å². The molecule has 2 aromatic carbocycles. The van der Waals surface area contributed by atoms with Crippen molar-refractivity contribution < 1.29 is 9.05 Å². The van der Waals surface area contributed by atoms with Crippen molar-refractivity contribution >= 4 is 18.4 Å². The van der Waals surface area contributed by atoms with Crippen molar-refractivity contribution in [2.24, 2.45) is 0 Å². The van der Waals surface area contributed by atoms with Gasteiger partial charge >= 0.3 is 6.64 Å². The Hall–Kier alpha value is -1.35. The summed E-state index contributed by atoms with van der Waals surface area (Å²) in [5.74, 6) is 1.80. The van der Waals surface area contributed by atoms with Gasteiger partial charge in [0, 0.05) is 29.4 Å². The van der Waals surface area contributed by atoms with Crippen LogP contribution in [0, 0.1) is 13.8 Å². The molecule has 164 valence electrons. The molecule has 30 heavy (non-hydrogen) atoms. The first-order valence-corrected chi connectivity index (χ1v) is 13.2. The summed E-state index contributed by atoms with van der Waals surface area (Å²) < 4.78 is 15.3. The Morgan fingerprint density at radius 1 is 0.767 bits per heavy atom. The van der Waals surface area contributed by atoms with E-state index in [1.54, 1.807) is 0 Å². The Kier molecular flexibility index (Phi) is 5.95. The predicted molar refractivity (Wildman–Crippen MR) is 132 cm³/mol. The van der Waals surface area contributed by atoms with E-state index in [0.29, 0.717) is 0 Å². The van der Waals surface area contributed by atoms with Crippen LogP contribution >= 0.6 is 6.64 Å². The molecule has 0 saturated heterocycles. The molecule has 3 rings (SSSR count). The van der Waals surface area contributed by atoms with Crippen molar-refractivity contribution in [1.29, 1.82) is 0 Å². The zero-order valence-electron chi connectivity index (χ0n) is 20.1. The van der Waals surface area contributed by atoms with E-state index < -0.39 is 6.64 Å². The van der Waals surface area contributed by atoms with E-state index in [1.165, 1.54) is 33.4 Å². The van der Waals surface area contributed by atoms with Gasteiger partial charge in [-0.2, -0.15) is 0 Å². The van der Waals surface area contributed by atoms with Crippen LogP contribution in [-0.2, 0) is 29.1 Å². The van der Waals surface area contributed by atoms with E-state index >= 15 is 0 Å². The highest BCUT2D eigenvalue weighted by atomic mass is 32.5. The highest BCUT2D eigenvalue weighted by molar-refractivity contribution is 8.09. The number of benzene rings is 2. The fraction of sp³-hybridized carbons (Fsp3) is 0.520. The smallest absolute Gasteiger partial charge is 0.367 e. The maximum absolute atomic E-state index is 6.68. The zero-order chi connectivity index (χ0) is 22.6. The third-order valence-electron chi connectivity index (χ3n) is 5.52. The maximum Gasteiger partial charge on any atom is 0.367 e.